The maximum Gasteiger partial charge on any atom is 0.271 e. The molecule has 4 rings (SSSR count). The molecule has 1 aromatic carbocycles. The van der Waals surface area contributed by atoms with Crippen LogP contribution in [0.15, 0.2) is 35.1 Å². The van der Waals surface area contributed by atoms with Crippen molar-refractivity contribution in [1.29, 1.82) is 0 Å². The molecule has 0 amide bonds. The fourth-order valence-electron chi connectivity index (χ4n) is 3.51. The van der Waals surface area contributed by atoms with Gasteiger partial charge in [-0.05, 0) is 49.1 Å². The van der Waals surface area contributed by atoms with Gasteiger partial charge in [-0.3, -0.25) is 9.69 Å². The fourth-order valence-corrected chi connectivity index (χ4v) is 4.90. The number of aromatic nitrogens is 2. The largest absolute Gasteiger partial charge is 0.368 e. The highest BCUT2D eigenvalue weighted by atomic mass is 35.5. The van der Waals surface area contributed by atoms with Gasteiger partial charge < -0.3 is 4.90 Å². The number of anilines is 1. The second-order valence-corrected chi connectivity index (χ2v) is 8.15. The molecule has 3 aromatic rings. The molecule has 26 heavy (non-hydrogen) atoms. The number of rotatable bonds is 3. The lowest BCUT2D eigenvalue weighted by Gasteiger charge is -2.36. The molecular weight excluding hydrogens is 368 g/mol. The van der Waals surface area contributed by atoms with Gasteiger partial charge in [-0.25, -0.2) is 8.94 Å². The summed E-state index contributed by atoms with van der Waals surface area (Å²) < 4.78 is 1.83. The number of piperazine rings is 1. The van der Waals surface area contributed by atoms with Crippen molar-refractivity contribution in [3.05, 3.63) is 57.0 Å². The van der Waals surface area contributed by atoms with Crippen molar-refractivity contribution in [1.82, 2.24) is 13.8 Å². The number of nitrogens with zero attached hydrogens (tertiary/aromatic N) is 4. The molecule has 0 bridgehead atoms. The molecule has 136 valence electrons. The van der Waals surface area contributed by atoms with E-state index >= 15 is 0 Å². The molecule has 0 radical (unpaired) electrons. The lowest BCUT2D eigenvalue weighted by molar-refractivity contribution is 0.212. The molecule has 1 aliphatic heterocycles. The van der Waals surface area contributed by atoms with Crippen molar-refractivity contribution in [2.75, 3.05) is 31.1 Å². The number of hydrogen-bond acceptors (Lipinski definition) is 5. The number of halogens is 1. The van der Waals surface area contributed by atoms with Gasteiger partial charge in [-0.2, -0.15) is 0 Å². The van der Waals surface area contributed by atoms with E-state index in [4.69, 9.17) is 11.6 Å². The third kappa shape index (κ3) is 3.24. The SMILES string of the molecule is Cc1cc(C)c2c(=O)n(CN3CCN(c4ccccc4Cl)CC3)sc2n1. The first kappa shape index (κ1) is 17.5. The summed E-state index contributed by atoms with van der Waals surface area (Å²) in [7, 11) is 0. The Labute approximate surface area is 161 Å². The minimum atomic E-state index is 0.0727. The quantitative estimate of drug-likeness (QED) is 0.688. The van der Waals surface area contributed by atoms with Crippen molar-refractivity contribution in [3.8, 4) is 0 Å². The number of pyridine rings is 1. The van der Waals surface area contributed by atoms with Crippen molar-refractivity contribution in [2.45, 2.75) is 20.5 Å². The Balaban J connectivity index is 1.49. The Hall–Kier alpha value is -1.89. The summed E-state index contributed by atoms with van der Waals surface area (Å²) >= 11 is 7.77. The molecule has 3 heterocycles. The summed E-state index contributed by atoms with van der Waals surface area (Å²) in [4.78, 5) is 22.7. The lowest BCUT2D eigenvalue weighted by Crippen LogP contribution is -2.47. The number of fused-ring (bicyclic) bond motifs is 1. The van der Waals surface area contributed by atoms with Crippen LogP contribution < -0.4 is 10.5 Å². The van der Waals surface area contributed by atoms with Crippen LogP contribution in [0.3, 0.4) is 0 Å². The molecule has 0 unspecified atom stereocenters. The summed E-state index contributed by atoms with van der Waals surface area (Å²) in [5, 5.41) is 1.55. The van der Waals surface area contributed by atoms with Gasteiger partial charge in [0, 0.05) is 31.9 Å². The van der Waals surface area contributed by atoms with Crippen LogP contribution in [0.1, 0.15) is 11.3 Å². The van der Waals surface area contributed by atoms with E-state index in [1.54, 1.807) is 0 Å². The van der Waals surface area contributed by atoms with E-state index in [0.717, 1.165) is 58.4 Å². The van der Waals surface area contributed by atoms with Gasteiger partial charge in [0.1, 0.15) is 4.83 Å². The van der Waals surface area contributed by atoms with Gasteiger partial charge in [0.05, 0.1) is 22.8 Å². The van der Waals surface area contributed by atoms with Gasteiger partial charge in [-0.1, -0.05) is 23.7 Å². The van der Waals surface area contributed by atoms with Gasteiger partial charge in [0.15, 0.2) is 0 Å². The highest BCUT2D eigenvalue weighted by molar-refractivity contribution is 7.13. The Morgan fingerprint density at radius 1 is 1.15 bits per heavy atom. The lowest BCUT2D eigenvalue weighted by atomic mass is 10.2. The minimum absolute atomic E-state index is 0.0727. The Morgan fingerprint density at radius 2 is 1.88 bits per heavy atom. The normalized spacial score (nSPS) is 15.7. The Bertz CT molecular complexity index is 1000. The van der Waals surface area contributed by atoms with E-state index in [9.17, 15) is 4.79 Å². The van der Waals surface area contributed by atoms with Gasteiger partial charge in [0.25, 0.3) is 5.56 Å². The van der Waals surface area contributed by atoms with Crippen LogP contribution in [0.25, 0.3) is 10.2 Å². The molecule has 0 aliphatic carbocycles. The summed E-state index contributed by atoms with van der Waals surface area (Å²) in [5.41, 5.74) is 3.12. The van der Waals surface area contributed by atoms with E-state index in [0.29, 0.717) is 6.67 Å². The molecule has 0 saturated carbocycles. The van der Waals surface area contributed by atoms with Crippen molar-refractivity contribution < 1.29 is 0 Å². The number of para-hydroxylation sites is 1. The molecule has 0 N–H and O–H groups in total. The van der Waals surface area contributed by atoms with E-state index in [1.165, 1.54) is 11.5 Å². The molecule has 0 spiro atoms. The highest BCUT2D eigenvalue weighted by Crippen LogP contribution is 2.26. The van der Waals surface area contributed by atoms with Crippen LogP contribution in [0, 0.1) is 13.8 Å². The van der Waals surface area contributed by atoms with E-state index in [1.807, 2.05) is 42.1 Å². The third-order valence-corrected chi connectivity index (χ3v) is 6.13. The maximum absolute atomic E-state index is 12.7. The van der Waals surface area contributed by atoms with Crippen LogP contribution in [-0.2, 0) is 6.67 Å². The van der Waals surface area contributed by atoms with Crippen LogP contribution >= 0.6 is 23.1 Å². The fraction of sp³-hybridized carbons (Fsp3) is 0.368. The second-order valence-electron chi connectivity index (χ2n) is 6.73. The third-order valence-electron chi connectivity index (χ3n) is 4.84. The summed E-state index contributed by atoms with van der Waals surface area (Å²) in [6.07, 6.45) is 0. The first-order valence-corrected chi connectivity index (χ1v) is 9.88. The highest BCUT2D eigenvalue weighted by Gasteiger charge is 2.20. The summed E-state index contributed by atoms with van der Waals surface area (Å²) in [6, 6.07) is 9.93. The number of hydrogen-bond donors (Lipinski definition) is 0. The molecule has 7 heteroatoms. The van der Waals surface area contributed by atoms with Crippen molar-refractivity contribution in [3.63, 3.8) is 0 Å². The minimum Gasteiger partial charge on any atom is -0.368 e. The number of benzene rings is 1. The molecule has 1 fully saturated rings. The van der Waals surface area contributed by atoms with Gasteiger partial charge in [0.2, 0.25) is 0 Å². The van der Waals surface area contributed by atoms with Crippen LogP contribution in [0.5, 0.6) is 0 Å². The Kier molecular flexibility index (Phi) is 4.73. The topological polar surface area (TPSA) is 41.4 Å². The predicted molar refractivity (Wildman–Crippen MR) is 109 cm³/mol. The molecule has 1 aliphatic rings. The smallest absolute Gasteiger partial charge is 0.271 e. The summed E-state index contributed by atoms with van der Waals surface area (Å²) in [5.74, 6) is 0. The first-order chi connectivity index (χ1) is 12.5. The molecule has 0 atom stereocenters. The average Bonchev–Trinajstić information content (AvgIpc) is 2.92. The molecule has 1 saturated heterocycles. The zero-order chi connectivity index (χ0) is 18.3. The summed E-state index contributed by atoms with van der Waals surface area (Å²) in [6.45, 7) is 8.18. The first-order valence-electron chi connectivity index (χ1n) is 8.73. The average molecular weight is 389 g/mol. The van der Waals surface area contributed by atoms with E-state index < -0.39 is 0 Å². The monoisotopic (exact) mass is 388 g/mol. The van der Waals surface area contributed by atoms with Crippen molar-refractivity contribution in [2.24, 2.45) is 0 Å². The zero-order valence-corrected chi connectivity index (χ0v) is 16.5. The second kappa shape index (κ2) is 7.02. The maximum atomic E-state index is 12.7. The molecular formula is C19H21ClN4OS. The van der Waals surface area contributed by atoms with Crippen LogP contribution in [-0.4, -0.2) is 40.0 Å². The standard InChI is InChI=1S/C19H21ClN4OS/c1-13-11-14(2)21-18-17(13)19(25)24(26-18)12-22-7-9-23(10-8-22)16-6-4-3-5-15(16)20/h3-6,11H,7-10,12H2,1-2H3. The van der Waals surface area contributed by atoms with Crippen molar-refractivity contribution >= 4 is 39.0 Å². The zero-order valence-electron chi connectivity index (χ0n) is 14.9. The van der Waals surface area contributed by atoms with Crippen LogP contribution in [0.2, 0.25) is 5.02 Å². The van der Waals surface area contributed by atoms with Gasteiger partial charge >= 0.3 is 0 Å². The Morgan fingerprint density at radius 3 is 2.62 bits per heavy atom. The molecule has 2 aromatic heterocycles. The van der Waals surface area contributed by atoms with Gasteiger partial charge in [-0.15, -0.1) is 0 Å². The van der Waals surface area contributed by atoms with E-state index in [2.05, 4.69) is 20.9 Å². The van der Waals surface area contributed by atoms with E-state index in [-0.39, 0.29) is 5.56 Å². The molecule has 5 nitrogen and oxygen atoms in total. The predicted octanol–water partition coefficient (Wildman–Crippen LogP) is 3.51. The van der Waals surface area contributed by atoms with Crippen LogP contribution in [0.4, 0.5) is 5.69 Å². The number of aryl methyl sites for hydroxylation is 2.